The van der Waals surface area contributed by atoms with Crippen molar-refractivity contribution in [3.63, 3.8) is 0 Å². The molecular formula is C73H42N16O4. The first kappa shape index (κ1) is 58.5. The van der Waals surface area contributed by atoms with Crippen LogP contribution < -0.4 is 0 Å². The maximum atomic E-state index is 12.5. The number of hydrogen-bond donors (Lipinski definition) is 0. The van der Waals surface area contributed by atoms with Gasteiger partial charge < -0.3 is 28.9 Å². The minimum atomic E-state index is -0.570. The van der Waals surface area contributed by atoms with E-state index in [1.54, 1.807) is 0 Å². The monoisotopic (exact) mass is 1210 g/mol. The minimum Gasteiger partial charge on any atom is -0.461 e. The molecule has 4 heterocycles. The number of nitrogens with zero attached hydrogens (tertiary/aromatic N) is 16. The number of benzene rings is 10. The molecule has 10 aromatic carbocycles. The lowest BCUT2D eigenvalue weighted by molar-refractivity contribution is -0.155. The first-order valence-corrected chi connectivity index (χ1v) is 29.1. The molecule has 20 nitrogen and oxygen atoms in total. The maximum Gasteiger partial charge on any atom is 0.311 e. The summed E-state index contributed by atoms with van der Waals surface area (Å²) in [5, 5.41) is 48.2. The predicted molar refractivity (Wildman–Crippen MR) is 351 cm³/mol. The van der Waals surface area contributed by atoms with Crippen LogP contribution in [0.1, 0.15) is 81.4 Å². The summed E-state index contributed by atoms with van der Waals surface area (Å²) >= 11 is 0. The van der Waals surface area contributed by atoms with E-state index >= 15 is 0 Å². The van der Waals surface area contributed by atoms with Crippen LogP contribution in [0.2, 0.25) is 0 Å². The largest absolute Gasteiger partial charge is 0.461 e. The number of hydrogen-bond acceptors (Lipinski definition) is 16. The van der Waals surface area contributed by atoms with E-state index in [2.05, 4.69) is 49.3 Å². The Morgan fingerprint density at radius 1 is 0.441 bits per heavy atom. The van der Waals surface area contributed by atoms with Gasteiger partial charge >= 0.3 is 11.9 Å². The lowest BCUT2D eigenvalue weighted by Crippen LogP contribution is -2.25. The van der Waals surface area contributed by atoms with E-state index in [9.17, 15) is 30.6 Å². The fraction of sp³-hybridized carbons (Fsp3) is 0.151. The summed E-state index contributed by atoms with van der Waals surface area (Å²) < 4.78 is 11.1. The Bertz CT molecular complexity index is 5960. The number of rotatable bonds is 10. The molecule has 0 radical (unpaired) electrons. The van der Waals surface area contributed by atoms with E-state index in [0.717, 1.165) is 54.9 Å². The molecule has 1 atom stereocenters. The normalized spacial score (nSPS) is 11.6. The molecule has 0 aliphatic heterocycles. The lowest BCUT2D eigenvalue weighted by Gasteiger charge is -2.20. The van der Waals surface area contributed by atoms with Crippen LogP contribution in [0.25, 0.3) is 150 Å². The van der Waals surface area contributed by atoms with Crippen molar-refractivity contribution in [2.75, 3.05) is 0 Å². The van der Waals surface area contributed by atoms with Gasteiger partial charge in [-0.25, -0.2) is 19.9 Å². The second kappa shape index (κ2) is 22.9. The number of nitriles is 4. The Hall–Kier alpha value is -13.5. The molecule has 14 rings (SSSR count). The van der Waals surface area contributed by atoms with Crippen molar-refractivity contribution in [1.29, 1.82) is 21.0 Å². The van der Waals surface area contributed by atoms with Crippen molar-refractivity contribution in [2.24, 2.45) is 11.3 Å². The number of fused-ring (bicyclic) bond motifs is 12. The van der Waals surface area contributed by atoms with Crippen LogP contribution in [0.3, 0.4) is 0 Å². The van der Waals surface area contributed by atoms with Crippen LogP contribution in [-0.2, 0) is 32.3 Å². The molecule has 0 saturated carbocycles. The molecule has 0 bridgehead atoms. The molecule has 0 amide bonds. The molecule has 20 heteroatoms. The van der Waals surface area contributed by atoms with E-state index in [-0.39, 0.29) is 77.1 Å². The summed E-state index contributed by atoms with van der Waals surface area (Å²) in [5.74, 6) is -1.01. The molecule has 4 aromatic heterocycles. The maximum absolute atomic E-state index is 12.5. The van der Waals surface area contributed by atoms with Gasteiger partial charge in [-0.3, -0.25) is 9.59 Å². The highest BCUT2D eigenvalue weighted by Gasteiger charge is 2.31. The van der Waals surface area contributed by atoms with Crippen molar-refractivity contribution in [2.45, 2.75) is 60.7 Å². The van der Waals surface area contributed by atoms with Gasteiger partial charge in [-0.15, -0.1) is 19.9 Å². The molecule has 0 spiro atoms. The van der Waals surface area contributed by atoms with Gasteiger partial charge in [0, 0.05) is 64.6 Å². The summed E-state index contributed by atoms with van der Waals surface area (Å²) in [5.41, 5.74) is 7.69. The molecule has 93 heavy (non-hydrogen) atoms. The summed E-state index contributed by atoms with van der Waals surface area (Å²) in [6.45, 7) is 40.2. The van der Waals surface area contributed by atoms with Gasteiger partial charge in [0.15, 0.2) is 22.8 Å². The number of esters is 2. The molecule has 0 N–H and O–H groups in total. The number of carbonyl (C=O) groups is 2. The average molecular weight is 1210 g/mol. The fourth-order valence-corrected chi connectivity index (χ4v) is 11.8. The predicted octanol–water partition coefficient (Wildman–Crippen LogP) is 16.5. The highest BCUT2D eigenvalue weighted by molar-refractivity contribution is 6.41. The van der Waals surface area contributed by atoms with Crippen LogP contribution in [0, 0.1) is 82.9 Å². The Labute approximate surface area is 528 Å². The highest BCUT2D eigenvalue weighted by Crippen LogP contribution is 2.50. The summed E-state index contributed by atoms with van der Waals surface area (Å²) in [6, 6.07) is 42.3. The van der Waals surface area contributed by atoms with Crippen molar-refractivity contribution in [3.05, 3.63) is 189 Å². The van der Waals surface area contributed by atoms with Gasteiger partial charge in [0.25, 0.3) is 23.3 Å². The van der Waals surface area contributed by atoms with Gasteiger partial charge in [-0.2, -0.15) is 21.0 Å². The Morgan fingerprint density at radius 3 is 1.09 bits per heavy atom. The average Bonchev–Trinajstić information content (AvgIpc) is 0.702. The van der Waals surface area contributed by atoms with Crippen molar-refractivity contribution < 1.29 is 19.1 Å². The molecular weight excluding hydrogens is 1160 g/mol. The van der Waals surface area contributed by atoms with Crippen LogP contribution >= 0.6 is 0 Å². The van der Waals surface area contributed by atoms with Gasteiger partial charge in [-0.1, -0.05) is 132 Å². The van der Waals surface area contributed by atoms with E-state index < -0.39 is 5.41 Å². The van der Waals surface area contributed by atoms with Crippen LogP contribution in [-0.4, -0.2) is 51.8 Å². The molecule has 0 saturated heterocycles. The summed E-state index contributed by atoms with van der Waals surface area (Å²) in [6.07, 6.45) is 1.37. The van der Waals surface area contributed by atoms with Gasteiger partial charge in [0.05, 0.1) is 33.4 Å². The smallest absolute Gasteiger partial charge is 0.311 e. The van der Waals surface area contributed by atoms with Gasteiger partial charge in [0.1, 0.15) is 37.5 Å². The zero-order valence-corrected chi connectivity index (χ0v) is 50.1. The first-order chi connectivity index (χ1) is 45.1. The van der Waals surface area contributed by atoms with Crippen LogP contribution in [0.5, 0.6) is 0 Å². The van der Waals surface area contributed by atoms with E-state index in [4.69, 9.17) is 45.7 Å². The molecule has 0 aliphatic carbocycles. The number of aromatic nitrogens is 8. The first-order valence-electron chi connectivity index (χ1n) is 29.1. The topological polar surface area (TPSA) is 268 Å². The standard InChI is InChI=1S/C37H22N8O2.C36H20N8O2/c1-6-37(2,3)36(46)47-18-19-10-12-20(13-11-19)21-14-15-24-28-27-22(30-31(24)45-35(41-5)34(40-4)44-30)8-7-9-23(27)32-33(29(21)28)43-26(17-39)25(16-38)42-32;1-5-18(2)36(45)46-17-19-9-11-20(12-10-19)21-13-14-24-28-27-22(30-31(24)44-35(40-4)34(39-3)43-30)7-6-8-23(27)32-33(29(21)28)42-26(16-38)25(15-37)41-32/h7-15H,6,18H2,1-3H3;6-14,18H,5,17H2,1-2H3. The highest BCUT2D eigenvalue weighted by atomic mass is 16.5. The Kier molecular flexibility index (Phi) is 14.4. The fourth-order valence-electron chi connectivity index (χ4n) is 11.8. The summed E-state index contributed by atoms with van der Waals surface area (Å²) in [7, 11) is 0. The molecule has 438 valence electrons. The molecule has 1 unspecified atom stereocenters. The van der Waals surface area contributed by atoms with Gasteiger partial charge in [-0.05, 0) is 84.3 Å². The number of ether oxygens (including phenoxy) is 2. The third kappa shape index (κ3) is 9.36. The zero-order valence-electron chi connectivity index (χ0n) is 50.1. The van der Waals surface area contributed by atoms with Gasteiger partial charge in [0.2, 0.25) is 22.1 Å². The molecule has 14 aromatic rings. The SMILES string of the molecule is [C-]#[N+]c1nc2c3cccc4c5nc(C#N)c(C#N)nc5c5c(-c6ccc(COC(=O)C(C)(C)CC)cc6)ccc(c2nc1[N+]#[C-])c5c34.[C-]#[N+]c1nc2c3cccc4c5nc(C#N)c(C#N)nc5c5c(-c6ccc(COC(=O)C(C)CC)cc6)ccc(c2nc1[N+]#[C-])c5c34. The third-order valence-corrected chi connectivity index (χ3v) is 17.1. The second-order valence-electron chi connectivity index (χ2n) is 22.7. The van der Waals surface area contributed by atoms with Crippen molar-refractivity contribution in [3.8, 4) is 46.5 Å². The minimum absolute atomic E-state index is 0.0794. The Morgan fingerprint density at radius 2 is 0.763 bits per heavy atom. The Balaban J connectivity index is 0.000000169. The summed E-state index contributed by atoms with van der Waals surface area (Å²) in [4.78, 5) is 75.8. The van der Waals surface area contributed by atoms with E-state index in [1.165, 1.54) is 0 Å². The lowest BCUT2D eigenvalue weighted by atomic mass is 9.87. The van der Waals surface area contributed by atoms with Crippen LogP contribution in [0.4, 0.5) is 23.3 Å². The third-order valence-electron chi connectivity index (χ3n) is 17.1. The second-order valence-corrected chi connectivity index (χ2v) is 22.7. The number of carbonyl (C=O) groups excluding carboxylic acids is 2. The van der Waals surface area contributed by atoms with Crippen molar-refractivity contribution >= 4 is 144 Å². The molecule has 0 fully saturated rings. The van der Waals surface area contributed by atoms with E-state index in [0.29, 0.717) is 100 Å². The van der Waals surface area contributed by atoms with Crippen LogP contribution in [0.15, 0.2) is 109 Å². The molecule has 0 aliphatic rings. The van der Waals surface area contributed by atoms with Crippen molar-refractivity contribution in [1.82, 2.24) is 39.9 Å². The van der Waals surface area contributed by atoms with E-state index in [1.807, 2.05) is 168 Å². The zero-order chi connectivity index (χ0) is 65.1. The quantitative estimate of drug-likeness (QED) is 0.0533.